The van der Waals surface area contributed by atoms with Crippen LogP contribution in [0.4, 0.5) is 15.9 Å². The first-order chi connectivity index (χ1) is 15.4. The van der Waals surface area contributed by atoms with Crippen molar-refractivity contribution in [3.63, 3.8) is 0 Å². The van der Waals surface area contributed by atoms with Crippen LogP contribution in [0.5, 0.6) is 0 Å². The number of rotatable bonds is 6. The van der Waals surface area contributed by atoms with E-state index in [1.807, 2.05) is 4.90 Å². The molecule has 1 aromatic carbocycles. The third-order valence-corrected chi connectivity index (χ3v) is 6.53. The Labute approximate surface area is 188 Å². The molecule has 0 spiro atoms. The number of nitrogens with zero attached hydrogens (tertiary/aromatic N) is 7. The predicted octanol–water partition coefficient (Wildman–Crippen LogP) is 3.05. The van der Waals surface area contributed by atoms with Crippen LogP contribution >= 0.6 is 11.6 Å². The highest BCUT2D eigenvalue weighted by atomic mass is 35.5. The summed E-state index contributed by atoms with van der Waals surface area (Å²) in [5.74, 6) is 1.48. The van der Waals surface area contributed by atoms with Crippen LogP contribution in [0.1, 0.15) is 28.1 Å². The first kappa shape index (κ1) is 20.6. The summed E-state index contributed by atoms with van der Waals surface area (Å²) in [5.41, 5.74) is 0.869. The molecule has 3 heterocycles. The fraction of sp³-hybridized carbons (Fsp3) is 0.381. The highest BCUT2D eigenvalue weighted by Gasteiger charge is 2.58. The largest absolute Gasteiger partial charge is 0.368 e. The number of carbonyl (C=O) groups excluding carboxylic acids is 1. The van der Waals surface area contributed by atoms with Crippen molar-refractivity contribution in [2.75, 3.05) is 25.0 Å². The summed E-state index contributed by atoms with van der Waals surface area (Å²) in [5, 5.41) is 4.26. The van der Waals surface area contributed by atoms with Gasteiger partial charge in [-0.25, -0.2) is 14.4 Å². The lowest BCUT2D eigenvalue weighted by molar-refractivity contribution is 0.0761. The number of benzene rings is 1. The molecule has 0 bridgehead atoms. The van der Waals surface area contributed by atoms with Crippen LogP contribution in [0.15, 0.2) is 34.0 Å². The third-order valence-electron chi connectivity index (χ3n) is 6.24. The number of hydrogen-bond acceptors (Lipinski definition) is 7. The Morgan fingerprint density at radius 1 is 1.41 bits per heavy atom. The van der Waals surface area contributed by atoms with E-state index in [1.54, 1.807) is 36.9 Å². The smallest absolute Gasteiger partial charge is 0.274 e. The molecule has 9 nitrogen and oxygen atoms in total. The molecule has 2 aromatic heterocycles. The van der Waals surface area contributed by atoms with Gasteiger partial charge in [0, 0.05) is 33.1 Å². The van der Waals surface area contributed by atoms with Gasteiger partial charge in [0.1, 0.15) is 6.54 Å². The standard InChI is InChI=1S/C21H21ClFN7O2/c1-24-20-18(29(3)10-25-20)21(31)28(2)9-15-26-19(27-32-15)16-11-7-30(8-12(11)16)14-6-4-5-13(22)17(14)23/h4-6,10-12,16H,1,7-9H2,2-3H3. The average molecular weight is 458 g/mol. The van der Waals surface area contributed by atoms with Crippen molar-refractivity contribution < 1.29 is 13.7 Å². The van der Waals surface area contributed by atoms with Crippen molar-refractivity contribution in [3.05, 3.63) is 52.8 Å². The minimum absolute atomic E-state index is 0.128. The minimum atomic E-state index is -0.384. The molecule has 32 heavy (non-hydrogen) atoms. The van der Waals surface area contributed by atoms with E-state index in [4.69, 9.17) is 16.1 Å². The molecular weight excluding hydrogens is 437 g/mol. The Kier molecular flexibility index (Phi) is 4.96. The highest BCUT2D eigenvalue weighted by molar-refractivity contribution is 6.31. The van der Waals surface area contributed by atoms with E-state index in [-0.39, 0.29) is 35.0 Å². The Balaban J connectivity index is 1.22. The number of anilines is 1. The summed E-state index contributed by atoms with van der Waals surface area (Å²) in [4.78, 5) is 28.6. The second kappa shape index (κ2) is 7.70. The molecule has 0 radical (unpaired) electrons. The number of aromatic nitrogens is 4. The average Bonchev–Trinajstić information content (AvgIpc) is 3.19. The molecule has 1 aliphatic carbocycles. The van der Waals surface area contributed by atoms with Gasteiger partial charge in [-0.3, -0.25) is 4.79 Å². The minimum Gasteiger partial charge on any atom is -0.368 e. The summed E-state index contributed by atoms with van der Waals surface area (Å²) in [6.07, 6.45) is 1.51. The van der Waals surface area contributed by atoms with Crippen molar-refractivity contribution >= 4 is 35.7 Å². The number of amides is 1. The molecule has 2 atom stereocenters. The summed E-state index contributed by atoms with van der Waals surface area (Å²) in [7, 11) is 3.37. The van der Waals surface area contributed by atoms with Crippen LogP contribution in [0, 0.1) is 17.7 Å². The van der Waals surface area contributed by atoms with Crippen LogP contribution in [0.25, 0.3) is 0 Å². The van der Waals surface area contributed by atoms with Crippen molar-refractivity contribution in [3.8, 4) is 0 Å². The number of aliphatic imine (C=N–C) groups is 1. The molecule has 1 saturated carbocycles. The van der Waals surface area contributed by atoms with Crippen LogP contribution in [-0.4, -0.2) is 57.4 Å². The first-order valence-corrected chi connectivity index (χ1v) is 10.5. The second-order valence-electron chi connectivity index (χ2n) is 8.22. The lowest BCUT2D eigenvalue weighted by atomic mass is 10.2. The Hall–Kier alpha value is -3.27. The van der Waals surface area contributed by atoms with Gasteiger partial charge in [-0.1, -0.05) is 22.8 Å². The molecule has 2 fully saturated rings. The highest BCUT2D eigenvalue weighted by Crippen LogP contribution is 2.58. The molecule has 5 rings (SSSR count). The molecule has 1 amide bonds. The lowest BCUT2D eigenvalue weighted by Crippen LogP contribution is -2.28. The fourth-order valence-electron chi connectivity index (χ4n) is 4.55. The molecule has 0 N–H and O–H groups in total. The maximum absolute atomic E-state index is 14.3. The van der Waals surface area contributed by atoms with E-state index in [2.05, 4.69) is 26.8 Å². The van der Waals surface area contributed by atoms with Gasteiger partial charge in [0.15, 0.2) is 23.2 Å². The number of imidazole rings is 1. The van der Waals surface area contributed by atoms with Crippen LogP contribution in [0.3, 0.4) is 0 Å². The Morgan fingerprint density at radius 3 is 2.88 bits per heavy atom. The van der Waals surface area contributed by atoms with E-state index >= 15 is 0 Å². The van der Waals surface area contributed by atoms with Crippen LogP contribution in [0.2, 0.25) is 5.02 Å². The van der Waals surface area contributed by atoms with E-state index in [9.17, 15) is 9.18 Å². The molecule has 1 aliphatic heterocycles. The Bertz CT molecular complexity index is 1200. The first-order valence-electron chi connectivity index (χ1n) is 10.1. The van der Waals surface area contributed by atoms with Gasteiger partial charge >= 0.3 is 0 Å². The maximum atomic E-state index is 14.3. The third kappa shape index (κ3) is 3.35. The molecule has 2 aliphatic rings. The number of hydrogen-bond donors (Lipinski definition) is 0. The topological polar surface area (TPSA) is 92.7 Å². The molecule has 3 aromatic rings. The van der Waals surface area contributed by atoms with Gasteiger partial charge in [0.25, 0.3) is 5.91 Å². The fourth-order valence-corrected chi connectivity index (χ4v) is 4.72. The van der Waals surface area contributed by atoms with Crippen molar-refractivity contribution in [1.29, 1.82) is 0 Å². The summed E-state index contributed by atoms with van der Waals surface area (Å²) >= 11 is 5.91. The maximum Gasteiger partial charge on any atom is 0.274 e. The normalized spacial score (nSPS) is 21.5. The van der Waals surface area contributed by atoms with Crippen LogP contribution < -0.4 is 4.90 Å². The monoisotopic (exact) mass is 457 g/mol. The molecule has 166 valence electrons. The summed E-state index contributed by atoms with van der Waals surface area (Å²) in [6.45, 7) is 5.05. The SMILES string of the molecule is C=Nc1ncn(C)c1C(=O)N(C)Cc1nc(C2C3CN(c4cccc(Cl)c4F)CC32)no1. The van der Waals surface area contributed by atoms with Crippen molar-refractivity contribution in [2.45, 2.75) is 12.5 Å². The van der Waals surface area contributed by atoms with E-state index < -0.39 is 0 Å². The molecule has 2 unspecified atom stereocenters. The van der Waals surface area contributed by atoms with Crippen LogP contribution in [-0.2, 0) is 13.6 Å². The van der Waals surface area contributed by atoms with Crippen molar-refractivity contribution in [1.82, 2.24) is 24.6 Å². The van der Waals surface area contributed by atoms with Crippen molar-refractivity contribution in [2.24, 2.45) is 23.9 Å². The Morgan fingerprint density at radius 2 is 2.16 bits per heavy atom. The molecule has 11 heteroatoms. The number of carbonyl (C=O) groups is 1. The van der Waals surface area contributed by atoms with Gasteiger partial charge in [-0.15, -0.1) is 0 Å². The number of halogens is 2. The summed E-state index contributed by atoms with van der Waals surface area (Å²) < 4.78 is 21.3. The number of aryl methyl sites for hydroxylation is 1. The van der Waals surface area contributed by atoms with E-state index in [0.29, 0.717) is 48.0 Å². The zero-order valence-corrected chi connectivity index (χ0v) is 18.3. The molecular formula is C21H21ClFN7O2. The predicted molar refractivity (Wildman–Crippen MR) is 116 cm³/mol. The number of piperidine rings is 1. The second-order valence-corrected chi connectivity index (χ2v) is 8.63. The van der Waals surface area contributed by atoms with Gasteiger partial charge in [0.05, 0.1) is 17.0 Å². The quantitative estimate of drug-likeness (QED) is 0.528. The summed E-state index contributed by atoms with van der Waals surface area (Å²) in [6, 6.07) is 5.05. The molecule has 1 saturated heterocycles. The lowest BCUT2D eigenvalue weighted by Gasteiger charge is -2.22. The van der Waals surface area contributed by atoms with E-state index in [0.717, 1.165) is 0 Å². The van der Waals surface area contributed by atoms with Gasteiger partial charge in [-0.2, -0.15) is 4.98 Å². The van der Waals surface area contributed by atoms with E-state index in [1.165, 1.54) is 11.2 Å². The van der Waals surface area contributed by atoms with Gasteiger partial charge < -0.3 is 18.9 Å². The van der Waals surface area contributed by atoms with Gasteiger partial charge in [-0.05, 0) is 30.7 Å². The van der Waals surface area contributed by atoms with Gasteiger partial charge in [0.2, 0.25) is 5.89 Å². The zero-order chi connectivity index (χ0) is 22.6. The zero-order valence-electron chi connectivity index (χ0n) is 17.6. The number of fused-ring (bicyclic) bond motifs is 1.